The molecule has 1 aromatic heterocycles. The Morgan fingerprint density at radius 1 is 1.50 bits per heavy atom. The number of nitrogens with zero attached hydrogens (tertiary/aromatic N) is 3. The summed E-state index contributed by atoms with van der Waals surface area (Å²) in [5.74, 6) is 2.31. The standard InChI is InChI=1S/C16H28N4OS/c1-13(20-9-6-17-14(20)2)12-16(21)18-15-4-7-19(8-5-15)10-11-22-3/h6,9,13,15H,4-5,7-8,10-12H2,1-3H3,(H,18,21)/t13-/m0/s1. The number of hydrogen-bond acceptors (Lipinski definition) is 4. The van der Waals surface area contributed by atoms with E-state index in [4.69, 9.17) is 0 Å². The minimum atomic E-state index is 0.156. The summed E-state index contributed by atoms with van der Waals surface area (Å²) < 4.78 is 2.06. The normalized spacial score (nSPS) is 18.3. The second-order valence-corrected chi connectivity index (χ2v) is 7.10. The van der Waals surface area contributed by atoms with Gasteiger partial charge >= 0.3 is 0 Å². The first-order valence-electron chi connectivity index (χ1n) is 8.10. The summed E-state index contributed by atoms with van der Waals surface area (Å²) in [6.07, 6.45) is 8.53. The van der Waals surface area contributed by atoms with Crippen LogP contribution >= 0.6 is 11.8 Å². The quantitative estimate of drug-likeness (QED) is 0.834. The van der Waals surface area contributed by atoms with Crippen LogP contribution in [0, 0.1) is 6.92 Å². The molecule has 2 heterocycles. The Labute approximate surface area is 137 Å². The monoisotopic (exact) mass is 324 g/mol. The van der Waals surface area contributed by atoms with Crippen molar-refractivity contribution >= 4 is 17.7 Å². The largest absolute Gasteiger partial charge is 0.353 e. The molecule has 1 N–H and O–H groups in total. The summed E-state index contributed by atoms with van der Waals surface area (Å²) in [4.78, 5) is 18.9. The summed E-state index contributed by atoms with van der Waals surface area (Å²) in [6.45, 7) is 7.40. The molecule has 22 heavy (non-hydrogen) atoms. The van der Waals surface area contributed by atoms with Crippen molar-refractivity contribution in [2.45, 2.75) is 45.2 Å². The first kappa shape index (κ1) is 17.3. The van der Waals surface area contributed by atoms with Crippen LogP contribution in [0.3, 0.4) is 0 Å². The van der Waals surface area contributed by atoms with Crippen molar-refractivity contribution in [3.8, 4) is 0 Å². The molecule has 2 rings (SSSR count). The van der Waals surface area contributed by atoms with E-state index in [-0.39, 0.29) is 11.9 Å². The Kier molecular flexibility index (Phi) is 6.76. The van der Waals surface area contributed by atoms with Crippen molar-refractivity contribution < 1.29 is 4.79 Å². The van der Waals surface area contributed by atoms with Gasteiger partial charge in [0.15, 0.2) is 0 Å². The Morgan fingerprint density at radius 3 is 2.82 bits per heavy atom. The fraction of sp³-hybridized carbons (Fsp3) is 0.750. The van der Waals surface area contributed by atoms with E-state index in [2.05, 4.69) is 32.9 Å². The fourth-order valence-corrected chi connectivity index (χ4v) is 3.47. The zero-order valence-electron chi connectivity index (χ0n) is 13.9. The number of amides is 1. The van der Waals surface area contributed by atoms with Gasteiger partial charge in [-0.2, -0.15) is 11.8 Å². The topological polar surface area (TPSA) is 50.2 Å². The van der Waals surface area contributed by atoms with E-state index >= 15 is 0 Å². The lowest BCUT2D eigenvalue weighted by Gasteiger charge is -2.32. The smallest absolute Gasteiger partial charge is 0.222 e. The number of likely N-dealkylation sites (tertiary alicyclic amines) is 1. The number of nitrogens with one attached hydrogen (secondary N) is 1. The maximum Gasteiger partial charge on any atom is 0.222 e. The minimum absolute atomic E-state index is 0.156. The van der Waals surface area contributed by atoms with Crippen LogP contribution in [0.15, 0.2) is 12.4 Å². The van der Waals surface area contributed by atoms with E-state index in [1.807, 2.05) is 24.9 Å². The lowest BCUT2D eigenvalue weighted by atomic mass is 10.0. The van der Waals surface area contributed by atoms with Gasteiger partial charge in [0.25, 0.3) is 0 Å². The van der Waals surface area contributed by atoms with Crippen molar-refractivity contribution in [1.82, 2.24) is 19.8 Å². The van der Waals surface area contributed by atoms with Crippen LogP contribution < -0.4 is 5.32 Å². The van der Waals surface area contributed by atoms with Gasteiger partial charge in [-0.25, -0.2) is 4.98 Å². The third-order valence-electron chi connectivity index (χ3n) is 4.38. The number of aromatic nitrogens is 2. The molecule has 0 radical (unpaired) electrons. The molecule has 124 valence electrons. The molecule has 0 aliphatic carbocycles. The van der Waals surface area contributed by atoms with Gasteiger partial charge in [-0.05, 0) is 32.9 Å². The predicted molar refractivity (Wildman–Crippen MR) is 92.3 cm³/mol. The van der Waals surface area contributed by atoms with Crippen molar-refractivity contribution in [2.75, 3.05) is 31.6 Å². The summed E-state index contributed by atoms with van der Waals surface area (Å²) in [7, 11) is 0. The summed E-state index contributed by atoms with van der Waals surface area (Å²) in [5, 5.41) is 3.20. The highest BCUT2D eigenvalue weighted by atomic mass is 32.2. The Balaban J connectivity index is 1.71. The van der Waals surface area contributed by atoms with Crippen LogP contribution in [0.2, 0.25) is 0 Å². The molecular formula is C16H28N4OS. The van der Waals surface area contributed by atoms with Crippen LogP contribution in [-0.2, 0) is 4.79 Å². The molecule has 1 aromatic rings. The van der Waals surface area contributed by atoms with Crippen molar-refractivity contribution in [3.63, 3.8) is 0 Å². The molecule has 1 fully saturated rings. The lowest BCUT2D eigenvalue weighted by Crippen LogP contribution is -2.45. The Hall–Kier alpha value is -1.01. The molecule has 0 spiro atoms. The molecule has 1 atom stereocenters. The second-order valence-electron chi connectivity index (χ2n) is 6.11. The van der Waals surface area contributed by atoms with Crippen molar-refractivity contribution in [1.29, 1.82) is 0 Å². The molecule has 1 amide bonds. The van der Waals surface area contributed by atoms with Crippen molar-refractivity contribution in [3.05, 3.63) is 18.2 Å². The highest BCUT2D eigenvalue weighted by molar-refractivity contribution is 7.98. The Bertz CT molecular complexity index is 468. The average molecular weight is 324 g/mol. The molecular weight excluding hydrogens is 296 g/mol. The summed E-state index contributed by atoms with van der Waals surface area (Å²) in [6, 6.07) is 0.498. The summed E-state index contributed by atoms with van der Waals surface area (Å²) >= 11 is 1.89. The number of piperidine rings is 1. The van der Waals surface area contributed by atoms with Crippen LogP contribution in [0.5, 0.6) is 0 Å². The van der Waals surface area contributed by atoms with Crippen LogP contribution in [0.25, 0.3) is 0 Å². The van der Waals surface area contributed by atoms with Gasteiger partial charge in [0.05, 0.1) is 0 Å². The maximum absolute atomic E-state index is 12.2. The molecule has 0 unspecified atom stereocenters. The third-order valence-corrected chi connectivity index (χ3v) is 4.97. The lowest BCUT2D eigenvalue weighted by molar-refractivity contribution is -0.122. The van der Waals surface area contributed by atoms with E-state index in [0.29, 0.717) is 12.5 Å². The number of rotatable bonds is 7. The SMILES string of the molecule is CSCCN1CCC(NC(=O)C[C@H](C)n2ccnc2C)CC1. The number of thioether (sulfide) groups is 1. The Morgan fingerprint density at radius 2 is 2.23 bits per heavy atom. The van der Waals surface area contributed by atoms with Gasteiger partial charge < -0.3 is 14.8 Å². The van der Waals surface area contributed by atoms with Gasteiger partial charge in [-0.3, -0.25) is 4.79 Å². The molecule has 1 aliphatic rings. The number of carbonyl (C=O) groups is 1. The second kappa shape index (κ2) is 8.58. The molecule has 0 aromatic carbocycles. The fourth-order valence-electron chi connectivity index (χ4n) is 3.03. The van der Waals surface area contributed by atoms with Gasteiger partial charge in [0, 0.05) is 56.3 Å². The molecule has 5 nitrogen and oxygen atoms in total. The maximum atomic E-state index is 12.2. The number of imidazole rings is 1. The highest BCUT2D eigenvalue weighted by Gasteiger charge is 2.21. The zero-order valence-corrected chi connectivity index (χ0v) is 14.7. The van der Waals surface area contributed by atoms with Crippen LogP contribution in [-0.4, -0.2) is 58.0 Å². The molecule has 1 saturated heterocycles. The molecule has 6 heteroatoms. The molecule has 0 saturated carbocycles. The number of hydrogen-bond donors (Lipinski definition) is 1. The number of carbonyl (C=O) groups excluding carboxylic acids is 1. The predicted octanol–water partition coefficient (Wildman–Crippen LogP) is 2.09. The van der Waals surface area contributed by atoms with E-state index in [9.17, 15) is 4.79 Å². The highest BCUT2D eigenvalue weighted by Crippen LogP contribution is 2.15. The summed E-state index contributed by atoms with van der Waals surface area (Å²) in [5.41, 5.74) is 0. The molecule has 1 aliphatic heterocycles. The zero-order chi connectivity index (χ0) is 15.9. The van der Waals surface area contributed by atoms with Gasteiger partial charge in [-0.1, -0.05) is 0 Å². The van der Waals surface area contributed by atoms with Crippen LogP contribution in [0.1, 0.15) is 38.1 Å². The van der Waals surface area contributed by atoms with Gasteiger partial charge in [-0.15, -0.1) is 0 Å². The first-order chi connectivity index (χ1) is 10.6. The van der Waals surface area contributed by atoms with Crippen molar-refractivity contribution in [2.24, 2.45) is 0 Å². The van der Waals surface area contributed by atoms with E-state index in [1.165, 1.54) is 12.3 Å². The van der Waals surface area contributed by atoms with Gasteiger partial charge in [0.2, 0.25) is 5.91 Å². The minimum Gasteiger partial charge on any atom is -0.353 e. The van der Waals surface area contributed by atoms with E-state index in [1.54, 1.807) is 6.20 Å². The van der Waals surface area contributed by atoms with Gasteiger partial charge in [0.1, 0.15) is 5.82 Å². The molecule has 0 bridgehead atoms. The van der Waals surface area contributed by atoms with E-state index in [0.717, 1.165) is 31.8 Å². The van der Waals surface area contributed by atoms with E-state index < -0.39 is 0 Å². The van der Waals surface area contributed by atoms with Crippen LogP contribution in [0.4, 0.5) is 0 Å². The number of aryl methyl sites for hydroxylation is 1. The first-order valence-corrected chi connectivity index (χ1v) is 9.49. The average Bonchev–Trinajstić information content (AvgIpc) is 2.92. The third kappa shape index (κ3) is 5.02.